The highest BCUT2D eigenvalue weighted by Gasteiger charge is 2.17. The normalized spacial score (nSPS) is 19.5. The first-order chi connectivity index (χ1) is 8.83. The summed E-state index contributed by atoms with van der Waals surface area (Å²) >= 11 is 0. The van der Waals surface area contributed by atoms with Gasteiger partial charge in [0.1, 0.15) is 0 Å². The van der Waals surface area contributed by atoms with Gasteiger partial charge in [0.15, 0.2) is 0 Å². The second-order valence-electron chi connectivity index (χ2n) is 5.48. The van der Waals surface area contributed by atoms with E-state index in [0.717, 1.165) is 13.1 Å². The number of hydrogen-bond donors (Lipinski definition) is 1. The lowest BCUT2D eigenvalue weighted by Gasteiger charge is -2.14. The molecule has 3 rings (SSSR count). The number of hydrogen-bond acceptors (Lipinski definition) is 3. The molecule has 2 aliphatic rings. The molecule has 1 aliphatic heterocycles. The predicted molar refractivity (Wildman–Crippen MR) is 73.6 cm³/mol. The third-order valence-corrected chi connectivity index (χ3v) is 4.10. The lowest BCUT2D eigenvalue weighted by molar-refractivity contribution is -0.0244. The molecule has 18 heavy (non-hydrogen) atoms. The van der Waals surface area contributed by atoms with Crippen molar-refractivity contribution in [2.24, 2.45) is 0 Å². The Hall–Kier alpha value is -1.06. The largest absolute Gasteiger partial charge is 0.374 e. The van der Waals surface area contributed by atoms with Gasteiger partial charge in [0.2, 0.25) is 0 Å². The molecule has 1 aromatic rings. The third kappa shape index (κ3) is 2.52. The Morgan fingerprint density at radius 2 is 2.17 bits per heavy atom. The summed E-state index contributed by atoms with van der Waals surface area (Å²) in [4.78, 5) is 8.01. The van der Waals surface area contributed by atoms with Gasteiger partial charge in [0.05, 0.1) is 6.10 Å². The molecule has 0 aromatic heterocycles. The van der Waals surface area contributed by atoms with E-state index >= 15 is 0 Å². The van der Waals surface area contributed by atoms with Crippen LogP contribution in [0.5, 0.6) is 0 Å². The van der Waals surface area contributed by atoms with Gasteiger partial charge in [0, 0.05) is 25.8 Å². The summed E-state index contributed by atoms with van der Waals surface area (Å²) in [5.41, 5.74) is 7.31. The summed E-state index contributed by atoms with van der Waals surface area (Å²) in [6.07, 6.45) is 6.66. The van der Waals surface area contributed by atoms with Gasteiger partial charge in [-0.2, -0.15) is 5.48 Å². The first kappa shape index (κ1) is 12.0. The molecule has 0 saturated heterocycles. The van der Waals surface area contributed by atoms with E-state index in [9.17, 15) is 0 Å². The van der Waals surface area contributed by atoms with Crippen LogP contribution in [0.15, 0.2) is 18.2 Å². The van der Waals surface area contributed by atoms with Crippen molar-refractivity contribution in [2.75, 3.05) is 18.5 Å². The fourth-order valence-corrected chi connectivity index (χ4v) is 2.98. The van der Waals surface area contributed by atoms with Crippen LogP contribution in [0.25, 0.3) is 0 Å². The van der Waals surface area contributed by atoms with Gasteiger partial charge >= 0.3 is 0 Å². The highest BCUT2D eigenvalue weighted by Crippen LogP contribution is 2.27. The molecule has 0 bridgehead atoms. The van der Waals surface area contributed by atoms with E-state index in [1.165, 1.54) is 48.9 Å². The van der Waals surface area contributed by atoms with Crippen LogP contribution >= 0.6 is 0 Å². The van der Waals surface area contributed by atoms with Crippen molar-refractivity contribution in [1.82, 2.24) is 5.48 Å². The predicted octanol–water partition coefficient (Wildman–Crippen LogP) is 2.64. The molecule has 0 spiro atoms. The van der Waals surface area contributed by atoms with Crippen molar-refractivity contribution in [3.63, 3.8) is 0 Å². The smallest absolute Gasteiger partial charge is 0.0790 e. The number of likely N-dealkylation sites (N-methyl/N-ethyl adjacent to an activating group) is 1. The highest BCUT2D eigenvalue weighted by molar-refractivity contribution is 5.58. The molecule has 1 heterocycles. The summed E-state index contributed by atoms with van der Waals surface area (Å²) in [5, 5.41) is 0. The maximum absolute atomic E-state index is 5.69. The van der Waals surface area contributed by atoms with Crippen LogP contribution in [-0.4, -0.2) is 19.7 Å². The van der Waals surface area contributed by atoms with Crippen molar-refractivity contribution in [2.45, 2.75) is 44.8 Å². The Morgan fingerprint density at radius 3 is 3.00 bits per heavy atom. The summed E-state index contributed by atoms with van der Waals surface area (Å²) in [5.74, 6) is 0. The Morgan fingerprint density at radius 1 is 1.33 bits per heavy atom. The van der Waals surface area contributed by atoms with E-state index in [2.05, 4.69) is 35.6 Å². The minimum atomic E-state index is 0.436. The maximum atomic E-state index is 5.69. The van der Waals surface area contributed by atoms with Gasteiger partial charge in [-0.05, 0) is 36.5 Å². The average molecular weight is 246 g/mol. The molecule has 0 unspecified atom stereocenters. The molecule has 1 fully saturated rings. The van der Waals surface area contributed by atoms with E-state index in [0.29, 0.717) is 6.10 Å². The number of anilines is 1. The number of hydroxylamine groups is 1. The molecular formula is C15H22N2O. The van der Waals surface area contributed by atoms with Crippen LogP contribution in [0.2, 0.25) is 0 Å². The van der Waals surface area contributed by atoms with Gasteiger partial charge in [-0.3, -0.25) is 4.84 Å². The van der Waals surface area contributed by atoms with Crippen LogP contribution in [0, 0.1) is 0 Å². The van der Waals surface area contributed by atoms with E-state index in [4.69, 9.17) is 4.84 Å². The van der Waals surface area contributed by atoms with Crippen LogP contribution in [-0.2, 0) is 17.8 Å². The fourth-order valence-electron chi connectivity index (χ4n) is 2.98. The van der Waals surface area contributed by atoms with E-state index < -0.39 is 0 Å². The van der Waals surface area contributed by atoms with E-state index in [1.54, 1.807) is 0 Å². The average Bonchev–Trinajstić information content (AvgIpc) is 3.00. The Balaban J connectivity index is 1.53. The molecule has 0 atom stereocenters. The minimum absolute atomic E-state index is 0.436. The molecule has 3 nitrogen and oxygen atoms in total. The van der Waals surface area contributed by atoms with Crippen molar-refractivity contribution in [1.29, 1.82) is 0 Å². The molecule has 1 saturated carbocycles. The lowest BCUT2D eigenvalue weighted by atomic mass is 10.1. The molecular weight excluding hydrogens is 224 g/mol. The molecule has 1 aliphatic carbocycles. The zero-order valence-electron chi connectivity index (χ0n) is 11.1. The Labute approximate surface area is 109 Å². The highest BCUT2D eigenvalue weighted by atomic mass is 16.7. The lowest BCUT2D eigenvalue weighted by Crippen LogP contribution is -2.21. The summed E-state index contributed by atoms with van der Waals surface area (Å²) < 4.78 is 0. The topological polar surface area (TPSA) is 24.5 Å². The molecule has 98 valence electrons. The molecule has 1 aromatic carbocycles. The van der Waals surface area contributed by atoms with Gasteiger partial charge in [-0.25, -0.2) is 0 Å². The first-order valence-electron chi connectivity index (χ1n) is 7.04. The van der Waals surface area contributed by atoms with E-state index in [1.807, 2.05) is 0 Å². The summed E-state index contributed by atoms with van der Waals surface area (Å²) in [6.45, 7) is 1.96. The van der Waals surface area contributed by atoms with Crippen molar-refractivity contribution in [3.8, 4) is 0 Å². The Kier molecular flexibility index (Phi) is 3.52. The fraction of sp³-hybridized carbons (Fsp3) is 0.600. The monoisotopic (exact) mass is 246 g/mol. The van der Waals surface area contributed by atoms with Crippen molar-refractivity contribution < 1.29 is 4.84 Å². The van der Waals surface area contributed by atoms with Gasteiger partial charge in [-0.1, -0.05) is 25.0 Å². The Bertz CT molecular complexity index is 413. The number of nitrogens with zero attached hydrogens (tertiary/aromatic N) is 1. The SMILES string of the molecule is CN1CCc2cc(CNOC3CCCC3)ccc21. The van der Waals surface area contributed by atoms with E-state index in [-0.39, 0.29) is 0 Å². The second kappa shape index (κ2) is 5.29. The quantitative estimate of drug-likeness (QED) is 0.827. The standard InChI is InChI=1S/C15H22N2O/c1-17-9-8-13-10-12(6-7-15(13)17)11-16-18-14-4-2-3-5-14/h6-7,10,14,16H,2-5,8-9,11H2,1H3. The molecule has 1 N–H and O–H groups in total. The molecule has 0 amide bonds. The number of rotatable bonds is 4. The van der Waals surface area contributed by atoms with Gasteiger partial charge < -0.3 is 4.90 Å². The maximum Gasteiger partial charge on any atom is 0.0790 e. The molecule has 3 heteroatoms. The second-order valence-corrected chi connectivity index (χ2v) is 5.48. The van der Waals surface area contributed by atoms with Crippen LogP contribution in [0.4, 0.5) is 5.69 Å². The summed E-state index contributed by atoms with van der Waals surface area (Å²) in [6, 6.07) is 6.74. The third-order valence-electron chi connectivity index (χ3n) is 4.10. The van der Waals surface area contributed by atoms with Gasteiger partial charge in [0.25, 0.3) is 0 Å². The zero-order valence-corrected chi connectivity index (χ0v) is 11.1. The van der Waals surface area contributed by atoms with Crippen molar-refractivity contribution >= 4 is 5.69 Å². The number of benzene rings is 1. The number of nitrogens with one attached hydrogen (secondary N) is 1. The van der Waals surface area contributed by atoms with Crippen LogP contribution in [0.3, 0.4) is 0 Å². The van der Waals surface area contributed by atoms with Crippen molar-refractivity contribution in [3.05, 3.63) is 29.3 Å². The van der Waals surface area contributed by atoms with Gasteiger partial charge in [-0.15, -0.1) is 0 Å². The minimum Gasteiger partial charge on any atom is -0.374 e. The van der Waals surface area contributed by atoms with Crippen LogP contribution < -0.4 is 10.4 Å². The molecule has 0 radical (unpaired) electrons. The first-order valence-corrected chi connectivity index (χ1v) is 7.04. The van der Waals surface area contributed by atoms with Crippen LogP contribution in [0.1, 0.15) is 36.8 Å². The number of fused-ring (bicyclic) bond motifs is 1. The zero-order chi connectivity index (χ0) is 12.4. The summed E-state index contributed by atoms with van der Waals surface area (Å²) in [7, 11) is 2.16.